The minimum Gasteiger partial charge on any atom is -0.492 e. The number of amides is 1. The molecule has 0 saturated carbocycles. The molecule has 2 N–H and O–H groups in total. The summed E-state index contributed by atoms with van der Waals surface area (Å²) in [6, 6.07) is 4.76. The summed E-state index contributed by atoms with van der Waals surface area (Å²) >= 11 is 0. The minimum atomic E-state index is -3.43. The van der Waals surface area contributed by atoms with E-state index in [1.807, 2.05) is 0 Å². The summed E-state index contributed by atoms with van der Waals surface area (Å²) in [4.78, 5) is 13.3. The van der Waals surface area contributed by atoms with E-state index in [0.29, 0.717) is 23.7 Å². The molecule has 0 bridgehead atoms. The number of likely N-dealkylation sites (N-methyl/N-ethyl adjacent to an activating group) is 1. The van der Waals surface area contributed by atoms with Crippen molar-refractivity contribution in [2.75, 3.05) is 43.5 Å². The van der Waals surface area contributed by atoms with E-state index in [-0.39, 0.29) is 6.61 Å². The monoisotopic (exact) mass is 373 g/mol. The second kappa shape index (κ2) is 7.81. The lowest BCUT2D eigenvalue weighted by Crippen LogP contribution is -2.36. The Balaban J connectivity index is 2.69. The van der Waals surface area contributed by atoms with Crippen molar-refractivity contribution in [1.82, 2.24) is 4.90 Å². The third-order valence-corrected chi connectivity index (χ3v) is 4.43. The average Bonchev–Trinajstić information content (AvgIpc) is 2.45. The van der Waals surface area contributed by atoms with Gasteiger partial charge in [-0.15, -0.1) is 0 Å². The number of benzene rings is 1. The fourth-order valence-corrected chi connectivity index (χ4v) is 2.31. The third-order valence-electron chi connectivity index (χ3n) is 3.24. The molecule has 9 heteroatoms. The molecule has 0 aliphatic heterocycles. The summed E-state index contributed by atoms with van der Waals surface area (Å²) in [5.41, 5.74) is 5.93. The molecule has 1 amide bonds. The van der Waals surface area contributed by atoms with E-state index in [4.69, 9.17) is 15.2 Å². The van der Waals surface area contributed by atoms with Gasteiger partial charge in [-0.1, -0.05) is 0 Å². The molecule has 0 heterocycles. The van der Waals surface area contributed by atoms with Gasteiger partial charge in [0.2, 0.25) is 10.0 Å². The highest BCUT2D eigenvalue weighted by atomic mass is 32.2. The summed E-state index contributed by atoms with van der Waals surface area (Å²) < 4.78 is 35.2. The standard InChI is InChI=1S/C16H27N3O5S/c1-16(2,3)24-15(20)18(4)9-10-23-12-7-8-13(17)14(11-12)19(5)25(6,21)22/h7-8,11H,9-10,17H2,1-6H3. The Bertz CT molecular complexity index is 713. The van der Waals surface area contributed by atoms with Gasteiger partial charge in [-0.05, 0) is 32.9 Å². The number of anilines is 2. The number of hydrogen-bond acceptors (Lipinski definition) is 6. The van der Waals surface area contributed by atoms with Crippen LogP contribution in [-0.2, 0) is 14.8 Å². The number of nitrogens with zero attached hydrogens (tertiary/aromatic N) is 2. The first kappa shape index (κ1) is 20.9. The molecule has 0 aliphatic rings. The Labute approximate surface area is 149 Å². The number of nitrogen functional groups attached to an aromatic ring is 1. The molecule has 0 aromatic heterocycles. The summed E-state index contributed by atoms with van der Waals surface area (Å²) in [6.07, 6.45) is 0.654. The van der Waals surface area contributed by atoms with Gasteiger partial charge in [-0.2, -0.15) is 0 Å². The van der Waals surface area contributed by atoms with Gasteiger partial charge in [0.25, 0.3) is 0 Å². The van der Waals surface area contributed by atoms with Crippen molar-refractivity contribution in [2.24, 2.45) is 0 Å². The van der Waals surface area contributed by atoms with E-state index >= 15 is 0 Å². The van der Waals surface area contributed by atoms with Crippen LogP contribution in [0, 0.1) is 0 Å². The lowest BCUT2D eigenvalue weighted by Gasteiger charge is -2.24. The van der Waals surface area contributed by atoms with Gasteiger partial charge in [-0.25, -0.2) is 13.2 Å². The molecular formula is C16H27N3O5S. The number of rotatable bonds is 6. The van der Waals surface area contributed by atoms with E-state index in [1.165, 1.54) is 11.9 Å². The molecule has 1 rings (SSSR count). The van der Waals surface area contributed by atoms with Crippen molar-refractivity contribution in [3.63, 3.8) is 0 Å². The Hall–Kier alpha value is -2.16. The van der Waals surface area contributed by atoms with Crippen LogP contribution in [-0.4, -0.2) is 58.5 Å². The van der Waals surface area contributed by atoms with Gasteiger partial charge in [0.1, 0.15) is 18.0 Å². The van der Waals surface area contributed by atoms with Gasteiger partial charge in [0.15, 0.2) is 0 Å². The maximum Gasteiger partial charge on any atom is 0.410 e. The molecule has 0 atom stereocenters. The maximum absolute atomic E-state index is 11.9. The zero-order valence-electron chi connectivity index (χ0n) is 15.6. The highest BCUT2D eigenvalue weighted by molar-refractivity contribution is 7.92. The summed E-state index contributed by atoms with van der Waals surface area (Å²) in [6.45, 7) is 5.93. The van der Waals surface area contributed by atoms with Crippen LogP contribution in [0.1, 0.15) is 20.8 Å². The first-order valence-electron chi connectivity index (χ1n) is 7.71. The molecular weight excluding hydrogens is 346 g/mol. The zero-order valence-corrected chi connectivity index (χ0v) is 16.4. The van der Waals surface area contributed by atoms with E-state index in [2.05, 4.69) is 0 Å². The molecule has 8 nitrogen and oxygen atoms in total. The average molecular weight is 373 g/mol. The fraction of sp³-hybridized carbons (Fsp3) is 0.562. The lowest BCUT2D eigenvalue weighted by molar-refractivity contribution is 0.0278. The Morgan fingerprint density at radius 1 is 1.24 bits per heavy atom. The molecule has 0 radical (unpaired) electrons. The Morgan fingerprint density at radius 2 is 1.84 bits per heavy atom. The fourth-order valence-electron chi connectivity index (χ4n) is 1.80. The third kappa shape index (κ3) is 6.69. The molecule has 1 aromatic rings. The number of nitrogens with two attached hydrogens (primary N) is 1. The van der Waals surface area contributed by atoms with Crippen molar-refractivity contribution in [2.45, 2.75) is 26.4 Å². The summed E-state index contributed by atoms with van der Waals surface area (Å²) in [7, 11) is -0.397. The van der Waals surface area contributed by atoms with Crippen LogP contribution in [0.5, 0.6) is 5.75 Å². The number of ether oxygens (including phenoxy) is 2. The summed E-state index contributed by atoms with van der Waals surface area (Å²) in [5.74, 6) is 0.456. The normalized spacial score (nSPS) is 11.8. The van der Waals surface area contributed by atoms with Gasteiger partial charge in [-0.3, -0.25) is 4.31 Å². The quantitative estimate of drug-likeness (QED) is 0.764. The van der Waals surface area contributed by atoms with Crippen LogP contribution in [0.25, 0.3) is 0 Å². The minimum absolute atomic E-state index is 0.224. The smallest absolute Gasteiger partial charge is 0.410 e. The van der Waals surface area contributed by atoms with Gasteiger partial charge in [0, 0.05) is 20.2 Å². The molecule has 142 valence electrons. The molecule has 0 spiro atoms. The van der Waals surface area contributed by atoms with E-state index in [9.17, 15) is 13.2 Å². The van der Waals surface area contributed by atoms with Crippen LogP contribution >= 0.6 is 0 Å². The molecule has 1 aromatic carbocycles. The lowest BCUT2D eigenvalue weighted by atomic mass is 10.2. The number of carbonyl (C=O) groups is 1. The number of carbonyl (C=O) groups excluding carboxylic acids is 1. The van der Waals surface area contributed by atoms with Crippen LogP contribution < -0.4 is 14.8 Å². The van der Waals surface area contributed by atoms with Crippen molar-refractivity contribution in [3.05, 3.63) is 18.2 Å². The topological polar surface area (TPSA) is 102 Å². The number of hydrogen-bond donors (Lipinski definition) is 1. The highest BCUT2D eigenvalue weighted by Gasteiger charge is 2.19. The zero-order chi connectivity index (χ0) is 19.4. The van der Waals surface area contributed by atoms with Gasteiger partial charge < -0.3 is 20.1 Å². The number of sulfonamides is 1. The molecule has 0 fully saturated rings. The van der Waals surface area contributed by atoms with Gasteiger partial charge in [0.05, 0.1) is 24.2 Å². The van der Waals surface area contributed by atoms with Crippen LogP contribution in [0.15, 0.2) is 18.2 Å². The Kier molecular flexibility index (Phi) is 6.53. The van der Waals surface area contributed by atoms with E-state index in [0.717, 1.165) is 10.6 Å². The van der Waals surface area contributed by atoms with Crippen molar-refractivity contribution in [1.29, 1.82) is 0 Å². The Morgan fingerprint density at radius 3 is 2.36 bits per heavy atom. The van der Waals surface area contributed by atoms with Crippen LogP contribution in [0.3, 0.4) is 0 Å². The largest absolute Gasteiger partial charge is 0.492 e. The van der Waals surface area contributed by atoms with Crippen LogP contribution in [0.4, 0.5) is 16.2 Å². The second-order valence-corrected chi connectivity index (χ2v) is 8.72. The molecule has 25 heavy (non-hydrogen) atoms. The highest BCUT2D eigenvalue weighted by Crippen LogP contribution is 2.28. The maximum atomic E-state index is 11.9. The second-order valence-electron chi connectivity index (χ2n) is 6.70. The first-order valence-corrected chi connectivity index (χ1v) is 9.56. The van der Waals surface area contributed by atoms with Crippen molar-refractivity contribution >= 4 is 27.5 Å². The van der Waals surface area contributed by atoms with E-state index in [1.54, 1.807) is 46.0 Å². The first-order chi connectivity index (χ1) is 11.3. The van der Waals surface area contributed by atoms with E-state index < -0.39 is 21.7 Å². The predicted octanol–water partition coefficient (Wildman–Crippen LogP) is 1.91. The molecule has 0 unspecified atom stereocenters. The van der Waals surface area contributed by atoms with Gasteiger partial charge >= 0.3 is 6.09 Å². The SMILES string of the molecule is CN(CCOc1ccc(N)c(N(C)S(C)(=O)=O)c1)C(=O)OC(C)(C)C. The van der Waals surface area contributed by atoms with Crippen LogP contribution in [0.2, 0.25) is 0 Å². The molecule has 0 aliphatic carbocycles. The van der Waals surface area contributed by atoms with Crippen molar-refractivity contribution in [3.8, 4) is 5.75 Å². The predicted molar refractivity (Wildman–Crippen MR) is 98.5 cm³/mol. The summed E-state index contributed by atoms with van der Waals surface area (Å²) in [5, 5.41) is 0. The van der Waals surface area contributed by atoms with Crippen molar-refractivity contribution < 1.29 is 22.7 Å². The molecule has 0 saturated heterocycles.